The fourth-order valence-electron chi connectivity index (χ4n) is 2.55. The molecular weight excluding hydrogens is 318 g/mol. The minimum absolute atomic E-state index is 0.154. The number of esters is 1. The van der Waals surface area contributed by atoms with Crippen LogP contribution >= 0.6 is 0 Å². The number of carbonyl (C=O) groups is 2. The van der Waals surface area contributed by atoms with Crippen LogP contribution in [-0.2, 0) is 16.1 Å². The third-order valence-electron chi connectivity index (χ3n) is 3.77. The lowest BCUT2D eigenvalue weighted by Gasteiger charge is -2.10. The van der Waals surface area contributed by atoms with E-state index >= 15 is 0 Å². The van der Waals surface area contributed by atoms with Gasteiger partial charge in [-0.3, -0.25) is 4.79 Å². The van der Waals surface area contributed by atoms with E-state index in [1.165, 1.54) is 0 Å². The Morgan fingerprint density at radius 1 is 0.880 bits per heavy atom. The predicted molar refractivity (Wildman–Crippen MR) is 94.2 cm³/mol. The van der Waals surface area contributed by atoms with Crippen LogP contribution in [0, 0.1) is 0 Å². The van der Waals surface area contributed by atoms with Crippen LogP contribution in [0.2, 0.25) is 0 Å². The molecule has 5 nitrogen and oxygen atoms in total. The molecule has 25 heavy (non-hydrogen) atoms. The highest BCUT2D eigenvalue weighted by Gasteiger charge is 2.11. The molecule has 0 spiro atoms. The molecule has 3 rings (SSSR count). The summed E-state index contributed by atoms with van der Waals surface area (Å²) in [6.45, 7) is -0.143. The molecule has 2 N–H and O–H groups in total. The SMILES string of the molecule is NC(=O)c1ccccc1OCC(=O)OCc1cccc2ccccc12. The summed E-state index contributed by atoms with van der Waals surface area (Å²) in [7, 11) is 0. The quantitative estimate of drug-likeness (QED) is 0.702. The first kappa shape index (κ1) is 16.5. The Morgan fingerprint density at radius 2 is 1.60 bits per heavy atom. The lowest BCUT2D eigenvalue weighted by Crippen LogP contribution is -2.18. The molecule has 3 aromatic carbocycles. The van der Waals surface area contributed by atoms with Gasteiger partial charge in [0, 0.05) is 0 Å². The molecule has 0 unspecified atom stereocenters. The summed E-state index contributed by atoms with van der Waals surface area (Å²) in [5, 5.41) is 2.13. The zero-order valence-corrected chi connectivity index (χ0v) is 13.5. The molecule has 0 aromatic heterocycles. The smallest absolute Gasteiger partial charge is 0.344 e. The molecule has 1 amide bonds. The highest BCUT2D eigenvalue weighted by Crippen LogP contribution is 2.20. The topological polar surface area (TPSA) is 78.6 Å². The van der Waals surface area contributed by atoms with E-state index < -0.39 is 11.9 Å². The van der Waals surface area contributed by atoms with Crippen LogP contribution in [0.25, 0.3) is 10.8 Å². The zero-order chi connectivity index (χ0) is 17.6. The van der Waals surface area contributed by atoms with E-state index in [-0.39, 0.29) is 24.5 Å². The Balaban J connectivity index is 1.61. The number of primary amides is 1. The van der Waals surface area contributed by atoms with E-state index in [2.05, 4.69) is 0 Å². The van der Waals surface area contributed by atoms with Crippen molar-refractivity contribution in [3.05, 3.63) is 77.9 Å². The number of nitrogens with two attached hydrogens (primary N) is 1. The van der Waals surface area contributed by atoms with Gasteiger partial charge >= 0.3 is 5.97 Å². The third kappa shape index (κ3) is 3.95. The Bertz CT molecular complexity index is 915. The van der Waals surface area contributed by atoms with Crippen molar-refractivity contribution in [3.8, 4) is 5.75 Å². The highest BCUT2D eigenvalue weighted by molar-refractivity contribution is 5.95. The van der Waals surface area contributed by atoms with Crippen LogP contribution in [0.3, 0.4) is 0 Å². The van der Waals surface area contributed by atoms with Gasteiger partial charge in [0.1, 0.15) is 12.4 Å². The van der Waals surface area contributed by atoms with Gasteiger partial charge in [0.2, 0.25) is 0 Å². The van der Waals surface area contributed by atoms with Crippen LogP contribution in [0.15, 0.2) is 66.7 Å². The van der Waals surface area contributed by atoms with Crippen LogP contribution < -0.4 is 10.5 Å². The zero-order valence-electron chi connectivity index (χ0n) is 13.5. The molecule has 0 atom stereocenters. The van der Waals surface area contributed by atoms with Gasteiger partial charge in [-0.25, -0.2) is 4.79 Å². The maximum atomic E-state index is 11.9. The summed E-state index contributed by atoms with van der Waals surface area (Å²) in [5.41, 5.74) is 6.42. The summed E-state index contributed by atoms with van der Waals surface area (Å²) >= 11 is 0. The van der Waals surface area contributed by atoms with Crippen molar-refractivity contribution in [1.29, 1.82) is 0 Å². The first-order valence-electron chi connectivity index (χ1n) is 7.79. The van der Waals surface area contributed by atoms with E-state index in [0.29, 0.717) is 0 Å². The van der Waals surface area contributed by atoms with Gasteiger partial charge in [-0.15, -0.1) is 0 Å². The lowest BCUT2D eigenvalue weighted by molar-refractivity contribution is -0.147. The van der Waals surface area contributed by atoms with Crippen LogP contribution in [0.5, 0.6) is 5.75 Å². The second-order valence-electron chi connectivity index (χ2n) is 5.45. The number of ether oxygens (including phenoxy) is 2. The van der Waals surface area contributed by atoms with Crippen molar-refractivity contribution >= 4 is 22.6 Å². The van der Waals surface area contributed by atoms with E-state index in [9.17, 15) is 9.59 Å². The minimum Gasteiger partial charge on any atom is -0.481 e. The average Bonchev–Trinajstić information content (AvgIpc) is 2.64. The average molecular weight is 335 g/mol. The molecule has 0 aliphatic heterocycles. The number of rotatable bonds is 6. The van der Waals surface area contributed by atoms with Crippen LogP contribution in [0.1, 0.15) is 15.9 Å². The summed E-state index contributed by atoms with van der Waals surface area (Å²) < 4.78 is 10.6. The van der Waals surface area contributed by atoms with Crippen molar-refractivity contribution in [2.24, 2.45) is 5.73 Å². The van der Waals surface area contributed by atoms with Gasteiger partial charge < -0.3 is 15.2 Å². The second kappa shape index (κ2) is 7.49. The number of amides is 1. The maximum absolute atomic E-state index is 11.9. The van der Waals surface area contributed by atoms with E-state index in [4.69, 9.17) is 15.2 Å². The molecule has 0 aliphatic carbocycles. The van der Waals surface area contributed by atoms with Crippen LogP contribution in [0.4, 0.5) is 0 Å². The van der Waals surface area contributed by atoms with Gasteiger partial charge in [0.25, 0.3) is 5.91 Å². The summed E-state index contributed by atoms with van der Waals surface area (Å²) in [5.74, 6) is -0.871. The van der Waals surface area contributed by atoms with Gasteiger partial charge in [-0.1, -0.05) is 54.6 Å². The van der Waals surface area contributed by atoms with Crippen LogP contribution in [-0.4, -0.2) is 18.5 Å². The fraction of sp³-hybridized carbons (Fsp3) is 0.100. The first-order chi connectivity index (χ1) is 12.1. The second-order valence-corrected chi connectivity index (χ2v) is 5.45. The standard InChI is InChI=1S/C20H17NO4/c21-20(23)17-10-3-4-11-18(17)24-13-19(22)25-12-15-8-5-7-14-6-1-2-9-16(14)15/h1-11H,12-13H2,(H2,21,23). The summed E-state index contributed by atoms with van der Waals surface area (Å²) in [6, 6.07) is 20.2. The monoisotopic (exact) mass is 335 g/mol. The van der Waals surface area contributed by atoms with Crippen molar-refractivity contribution in [1.82, 2.24) is 0 Å². The Morgan fingerprint density at radius 3 is 2.44 bits per heavy atom. The maximum Gasteiger partial charge on any atom is 0.344 e. The number of para-hydroxylation sites is 1. The Kier molecular flexibility index (Phi) is 4.95. The molecule has 0 fully saturated rings. The summed E-state index contributed by atoms with van der Waals surface area (Å²) in [4.78, 5) is 23.3. The van der Waals surface area contributed by atoms with Crippen molar-refractivity contribution in [2.45, 2.75) is 6.61 Å². The number of hydrogen-bond acceptors (Lipinski definition) is 4. The van der Waals surface area contributed by atoms with Crippen molar-refractivity contribution < 1.29 is 19.1 Å². The van der Waals surface area contributed by atoms with E-state index in [0.717, 1.165) is 16.3 Å². The number of carbonyl (C=O) groups excluding carboxylic acids is 2. The molecule has 0 saturated carbocycles. The van der Waals surface area contributed by atoms with Gasteiger partial charge in [0.05, 0.1) is 5.56 Å². The van der Waals surface area contributed by atoms with E-state index in [1.54, 1.807) is 24.3 Å². The molecule has 0 bridgehead atoms. The molecule has 126 valence electrons. The Hall–Kier alpha value is -3.34. The number of benzene rings is 3. The minimum atomic E-state index is -0.611. The van der Waals surface area contributed by atoms with E-state index in [1.807, 2.05) is 42.5 Å². The van der Waals surface area contributed by atoms with Gasteiger partial charge in [-0.2, -0.15) is 0 Å². The van der Waals surface area contributed by atoms with Crippen molar-refractivity contribution in [2.75, 3.05) is 6.61 Å². The molecule has 0 saturated heterocycles. The number of fused-ring (bicyclic) bond motifs is 1. The molecule has 0 radical (unpaired) electrons. The molecule has 5 heteroatoms. The fourth-order valence-corrected chi connectivity index (χ4v) is 2.55. The van der Waals surface area contributed by atoms with Crippen molar-refractivity contribution in [3.63, 3.8) is 0 Å². The lowest BCUT2D eigenvalue weighted by atomic mass is 10.1. The number of hydrogen-bond donors (Lipinski definition) is 1. The Labute approximate surface area is 145 Å². The molecule has 0 aliphatic rings. The highest BCUT2D eigenvalue weighted by atomic mass is 16.6. The van der Waals surface area contributed by atoms with Gasteiger partial charge in [0.15, 0.2) is 6.61 Å². The predicted octanol–water partition coefficient (Wildman–Crippen LogP) is 3.06. The normalized spacial score (nSPS) is 10.4. The first-order valence-corrected chi connectivity index (χ1v) is 7.79. The third-order valence-corrected chi connectivity index (χ3v) is 3.77. The molecular formula is C20H17NO4. The largest absolute Gasteiger partial charge is 0.481 e. The molecule has 3 aromatic rings. The summed E-state index contributed by atoms with van der Waals surface area (Å²) in [6.07, 6.45) is 0. The van der Waals surface area contributed by atoms with Gasteiger partial charge in [-0.05, 0) is 28.5 Å². The molecule has 0 heterocycles.